The fourth-order valence-corrected chi connectivity index (χ4v) is 2.75. The van der Waals surface area contributed by atoms with Crippen molar-refractivity contribution >= 4 is 0 Å². The summed E-state index contributed by atoms with van der Waals surface area (Å²) in [6.45, 7) is 2.26. The molecule has 0 aliphatic heterocycles. The van der Waals surface area contributed by atoms with Gasteiger partial charge in [-0.15, -0.1) is 0 Å². The van der Waals surface area contributed by atoms with E-state index in [1.54, 1.807) is 0 Å². The molecule has 1 radical (unpaired) electrons. The van der Waals surface area contributed by atoms with Gasteiger partial charge in [0.05, 0.1) is 0 Å². The Morgan fingerprint density at radius 1 is 0.833 bits per heavy atom. The Balaban J connectivity index is 1.84. The lowest BCUT2D eigenvalue weighted by Crippen LogP contribution is -1.88. The van der Waals surface area contributed by atoms with Crippen LogP contribution in [0.2, 0.25) is 0 Å². The van der Waals surface area contributed by atoms with Crippen molar-refractivity contribution in [3.63, 3.8) is 0 Å². The van der Waals surface area contributed by atoms with Gasteiger partial charge in [-0.25, -0.2) is 0 Å². The van der Waals surface area contributed by atoms with E-state index in [1.807, 2.05) is 0 Å². The lowest BCUT2D eigenvalue weighted by Gasteiger charge is -2.05. The van der Waals surface area contributed by atoms with Gasteiger partial charge in [0.2, 0.25) is 0 Å². The molecule has 0 saturated heterocycles. The van der Waals surface area contributed by atoms with Gasteiger partial charge >= 0.3 is 0 Å². The van der Waals surface area contributed by atoms with Gasteiger partial charge in [0.1, 0.15) is 0 Å². The first-order valence-electron chi connectivity index (χ1n) is 6.95. The zero-order valence-corrected chi connectivity index (χ0v) is 10.9. The Morgan fingerprint density at radius 3 is 2.56 bits per heavy atom. The molecule has 0 unspecified atom stereocenters. The highest BCUT2D eigenvalue weighted by Gasteiger charge is 2.17. The minimum Gasteiger partial charge on any atom is -0.0654 e. The Hall–Kier alpha value is -1.56. The molecule has 18 heavy (non-hydrogen) atoms. The fourth-order valence-electron chi connectivity index (χ4n) is 2.75. The average molecular weight is 235 g/mol. The van der Waals surface area contributed by atoms with Crippen LogP contribution < -0.4 is 0 Å². The second kappa shape index (κ2) is 4.97. The standard InChI is InChI=1S/C18H19/c1-2-3-4-7-14-10-11-18-16(12-14)13-15-8-5-6-9-17(15)18/h5-6,8-13H,2-4,7H2,1H3. The molecule has 0 atom stereocenters. The predicted octanol–water partition coefficient (Wildman–Crippen LogP) is 5.00. The van der Waals surface area contributed by atoms with Crippen LogP contribution in [0.3, 0.4) is 0 Å². The number of aryl methyl sites for hydroxylation is 1. The highest BCUT2D eigenvalue weighted by molar-refractivity contribution is 5.81. The number of rotatable bonds is 4. The van der Waals surface area contributed by atoms with Crippen molar-refractivity contribution in [3.8, 4) is 11.1 Å². The highest BCUT2D eigenvalue weighted by atomic mass is 14.2. The van der Waals surface area contributed by atoms with E-state index in [9.17, 15) is 0 Å². The molecule has 0 heteroatoms. The molecule has 0 heterocycles. The van der Waals surface area contributed by atoms with Gasteiger partial charge in [0, 0.05) is 6.42 Å². The smallest absolute Gasteiger partial charge is 0.0212 e. The molecule has 0 nitrogen and oxygen atoms in total. The van der Waals surface area contributed by atoms with Crippen LogP contribution >= 0.6 is 0 Å². The summed E-state index contributed by atoms with van der Waals surface area (Å²) in [6.07, 6.45) is 7.46. The van der Waals surface area contributed by atoms with Gasteiger partial charge in [0.15, 0.2) is 0 Å². The van der Waals surface area contributed by atoms with Gasteiger partial charge in [-0.3, -0.25) is 0 Å². The monoisotopic (exact) mass is 235 g/mol. The number of benzene rings is 2. The first-order chi connectivity index (χ1) is 8.88. The third kappa shape index (κ3) is 2.08. The van der Waals surface area contributed by atoms with Gasteiger partial charge < -0.3 is 0 Å². The molecule has 0 spiro atoms. The molecule has 0 aromatic heterocycles. The summed E-state index contributed by atoms with van der Waals surface area (Å²) in [6, 6.07) is 15.6. The first-order valence-corrected chi connectivity index (χ1v) is 6.95. The van der Waals surface area contributed by atoms with E-state index in [-0.39, 0.29) is 0 Å². The summed E-state index contributed by atoms with van der Waals surface area (Å²) in [5.74, 6) is 0. The van der Waals surface area contributed by atoms with Crippen LogP contribution in [0.1, 0.15) is 42.9 Å². The molecule has 0 saturated carbocycles. The summed E-state index contributed by atoms with van der Waals surface area (Å²) in [5.41, 5.74) is 7.01. The summed E-state index contributed by atoms with van der Waals surface area (Å²) in [7, 11) is 0. The largest absolute Gasteiger partial charge is 0.0654 e. The van der Waals surface area contributed by atoms with Crippen LogP contribution in [0, 0.1) is 6.42 Å². The van der Waals surface area contributed by atoms with Crippen LogP contribution in [-0.4, -0.2) is 0 Å². The summed E-state index contributed by atoms with van der Waals surface area (Å²) in [5, 5.41) is 0. The van der Waals surface area contributed by atoms with Crippen LogP contribution in [0.15, 0.2) is 42.5 Å². The molecule has 91 valence electrons. The number of hydrogen-bond acceptors (Lipinski definition) is 0. The number of hydrogen-bond donors (Lipinski definition) is 0. The molecule has 0 bridgehead atoms. The molecule has 1 aliphatic carbocycles. The maximum Gasteiger partial charge on any atom is 0.0212 e. The topological polar surface area (TPSA) is 0 Å². The van der Waals surface area contributed by atoms with E-state index in [2.05, 4.69) is 55.8 Å². The van der Waals surface area contributed by atoms with Gasteiger partial charge in [0.25, 0.3) is 0 Å². The molecule has 1 aliphatic rings. The zero-order chi connectivity index (χ0) is 12.4. The molecule has 2 aromatic rings. The molecular formula is C18H19. The first kappa shape index (κ1) is 11.5. The average Bonchev–Trinajstić information content (AvgIpc) is 2.76. The third-order valence-corrected chi connectivity index (χ3v) is 3.75. The van der Waals surface area contributed by atoms with Crippen LogP contribution in [-0.2, 0) is 6.42 Å². The lowest BCUT2D eigenvalue weighted by molar-refractivity contribution is 0.717. The molecular weight excluding hydrogens is 216 g/mol. The molecule has 0 N–H and O–H groups in total. The Labute approximate surface area is 110 Å². The van der Waals surface area contributed by atoms with Crippen molar-refractivity contribution in [2.45, 2.75) is 32.6 Å². The van der Waals surface area contributed by atoms with Crippen LogP contribution in [0.4, 0.5) is 0 Å². The number of fused-ring (bicyclic) bond motifs is 3. The van der Waals surface area contributed by atoms with E-state index in [4.69, 9.17) is 0 Å². The number of unbranched alkanes of at least 4 members (excludes halogenated alkanes) is 2. The Bertz CT molecular complexity index is 552. The SMILES string of the molecule is CCCCCc1ccc2c(c1)[CH]c1ccccc1-2. The van der Waals surface area contributed by atoms with Crippen LogP contribution in [0.5, 0.6) is 0 Å². The van der Waals surface area contributed by atoms with E-state index in [0.717, 1.165) is 0 Å². The van der Waals surface area contributed by atoms with E-state index >= 15 is 0 Å². The third-order valence-electron chi connectivity index (χ3n) is 3.75. The summed E-state index contributed by atoms with van der Waals surface area (Å²) >= 11 is 0. The van der Waals surface area contributed by atoms with Crippen molar-refractivity contribution in [1.82, 2.24) is 0 Å². The van der Waals surface area contributed by atoms with Crippen molar-refractivity contribution in [2.75, 3.05) is 0 Å². The van der Waals surface area contributed by atoms with Crippen molar-refractivity contribution in [3.05, 3.63) is 65.6 Å². The Morgan fingerprint density at radius 2 is 1.67 bits per heavy atom. The van der Waals surface area contributed by atoms with Gasteiger partial charge in [-0.2, -0.15) is 0 Å². The predicted molar refractivity (Wildman–Crippen MR) is 77.6 cm³/mol. The van der Waals surface area contributed by atoms with Crippen molar-refractivity contribution in [2.24, 2.45) is 0 Å². The van der Waals surface area contributed by atoms with E-state index < -0.39 is 0 Å². The van der Waals surface area contributed by atoms with Crippen molar-refractivity contribution in [1.29, 1.82) is 0 Å². The van der Waals surface area contributed by atoms with Gasteiger partial charge in [-0.1, -0.05) is 62.2 Å². The highest BCUT2D eigenvalue weighted by Crippen LogP contribution is 2.38. The minimum absolute atomic E-state index is 1.21. The van der Waals surface area contributed by atoms with E-state index in [1.165, 1.54) is 53.5 Å². The second-order valence-corrected chi connectivity index (χ2v) is 5.11. The quantitative estimate of drug-likeness (QED) is 0.558. The van der Waals surface area contributed by atoms with E-state index in [0.29, 0.717) is 0 Å². The van der Waals surface area contributed by atoms with Crippen LogP contribution in [0.25, 0.3) is 11.1 Å². The summed E-state index contributed by atoms with van der Waals surface area (Å²) in [4.78, 5) is 0. The fraction of sp³-hybridized carbons (Fsp3) is 0.278. The molecule has 0 amide bonds. The molecule has 2 aromatic carbocycles. The zero-order valence-electron chi connectivity index (χ0n) is 10.9. The van der Waals surface area contributed by atoms with Crippen molar-refractivity contribution < 1.29 is 0 Å². The maximum atomic E-state index is 2.37. The molecule has 3 rings (SSSR count). The normalized spacial score (nSPS) is 12.3. The minimum atomic E-state index is 1.21. The lowest BCUT2D eigenvalue weighted by atomic mass is 10.0. The maximum absolute atomic E-state index is 2.37. The Kier molecular flexibility index (Phi) is 3.19. The molecule has 0 fully saturated rings. The summed E-state index contributed by atoms with van der Waals surface area (Å²) < 4.78 is 0. The van der Waals surface area contributed by atoms with Gasteiger partial charge in [-0.05, 0) is 40.7 Å². The second-order valence-electron chi connectivity index (χ2n) is 5.11.